The Bertz CT molecular complexity index is 1110. The molecule has 0 amide bonds. The zero-order valence-corrected chi connectivity index (χ0v) is 17.8. The van der Waals surface area contributed by atoms with Crippen LogP contribution in [-0.4, -0.2) is 44.1 Å². The smallest absolute Gasteiger partial charge is 0.414 e. The highest BCUT2D eigenvalue weighted by Gasteiger charge is 2.28. The van der Waals surface area contributed by atoms with Crippen LogP contribution < -0.4 is 4.74 Å². The van der Waals surface area contributed by atoms with Crippen LogP contribution in [0.25, 0.3) is 11.3 Å². The van der Waals surface area contributed by atoms with Gasteiger partial charge in [0.2, 0.25) is 0 Å². The molecule has 162 valence electrons. The number of imidazole rings is 1. The minimum absolute atomic E-state index is 0.0632. The van der Waals surface area contributed by atoms with E-state index in [9.17, 15) is 14.5 Å². The number of hydrogen-bond acceptors (Lipinski definition) is 6. The third-order valence-corrected chi connectivity index (χ3v) is 5.44. The lowest BCUT2D eigenvalue weighted by Gasteiger charge is -2.24. The molecule has 3 aromatic rings. The molecule has 8 nitrogen and oxygen atoms in total. The summed E-state index contributed by atoms with van der Waals surface area (Å²) in [5, 5.41) is 10.4. The van der Waals surface area contributed by atoms with Crippen molar-refractivity contribution in [3.63, 3.8) is 0 Å². The van der Waals surface area contributed by atoms with Crippen LogP contribution in [0.1, 0.15) is 18.2 Å². The number of pyridine rings is 1. The number of benzene rings is 1. The molecule has 0 aliphatic carbocycles. The molecule has 1 atom stereocenters. The molecule has 2 aliphatic heterocycles. The van der Waals surface area contributed by atoms with Crippen molar-refractivity contribution >= 4 is 17.4 Å². The van der Waals surface area contributed by atoms with Crippen LogP contribution >= 0.6 is 11.6 Å². The van der Waals surface area contributed by atoms with Gasteiger partial charge in [-0.25, -0.2) is 4.39 Å². The van der Waals surface area contributed by atoms with E-state index in [1.807, 2.05) is 13.0 Å². The minimum atomic E-state index is -0.528. The SMILES string of the molecule is CC1Cn2cc([N+](=O)[O-])nc2O1.CN1CCc2nc(-c3ccc(Cl)c(F)c3)ccc2C1. The average molecular weight is 446 g/mol. The summed E-state index contributed by atoms with van der Waals surface area (Å²) in [7, 11) is 2.10. The lowest BCUT2D eigenvalue weighted by Crippen LogP contribution is -2.27. The molecule has 0 radical (unpaired) electrons. The lowest BCUT2D eigenvalue weighted by atomic mass is 10.0. The predicted molar refractivity (Wildman–Crippen MR) is 114 cm³/mol. The molecule has 1 aromatic carbocycles. The van der Waals surface area contributed by atoms with Gasteiger partial charge in [-0.15, -0.1) is 0 Å². The van der Waals surface area contributed by atoms with Gasteiger partial charge >= 0.3 is 11.8 Å². The monoisotopic (exact) mass is 445 g/mol. The number of ether oxygens (including phenoxy) is 1. The maximum Gasteiger partial charge on any atom is 0.414 e. The van der Waals surface area contributed by atoms with Crippen LogP contribution in [0.2, 0.25) is 5.02 Å². The summed E-state index contributed by atoms with van der Waals surface area (Å²) >= 11 is 5.70. The molecular weight excluding hydrogens is 425 g/mol. The third kappa shape index (κ3) is 4.67. The van der Waals surface area contributed by atoms with Crippen molar-refractivity contribution in [3.8, 4) is 17.3 Å². The van der Waals surface area contributed by atoms with Gasteiger partial charge in [-0.1, -0.05) is 23.7 Å². The van der Waals surface area contributed by atoms with Gasteiger partial charge in [0.1, 0.15) is 18.1 Å². The van der Waals surface area contributed by atoms with Crippen LogP contribution in [0, 0.1) is 15.9 Å². The van der Waals surface area contributed by atoms with Crippen LogP contribution in [0.4, 0.5) is 10.2 Å². The summed E-state index contributed by atoms with van der Waals surface area (Å²) in [6.07, 6.45) is 2.39. The second kappa shape index (κ2) is 8.60. The Morgan fingerprint density at radius 3 is 2.81 bits per heavy atom. The molecule has 1 unspecified atom stereocenters. The van der Waals surface area contributed by atoms with Gasteiger partial charge in [0.05, 0.1) is 17.3 Å². The number of aromatic nitrogens is 3. The van der Waals surface area contributed by atoms with Gasteiger partial charge in [0.25, 0.3) is 0 Å². The molecule has 0 fully saturated rings. The predicted octanol–water partition coefficient (Wildman–Crippen LogP) is 4.10. The highest BCUT2D eigenvalue weighted by atomic mass is 35.5. The van der Waals surface area contributed by atoms with Crippen LogP contribution in [-0.2, 0) is 19.5 Å². The first-order chi connectivity index (χ1) is 14.8. The molecule has 0 spiro atoms. The van der Waals surface area contributed by atoms with Crippen LogP contribution in [0.15, 0.2) is 36.5 Å². The van der Waals surface area contributed by atoms with Crippen molar-refractivity contribution < 1.29 is 14.1 Å². The number of nitrogens with zero attached hydrogens (tertiary/aromatic N) is 5. The van der Waals surface area contributed by atoms with Crippen molar-refractivity contribution in [2.75, 3.05) is 13.6 Å². The zero-order valence-electron chi connectivity index (χ0n) is 17.1. The molecule has 31 heavy (non-hydrogen) atoms. The number of halogens is 2. The zero-order chi connectivity index (χ0) is 22.1. The number of hydrogen-bond donors (Lipinski definition) is 0. The standard InChI is InChI=1S/C15H14ClFN2.C6H7N3O3/c1-19-7-6-15-11(9-19)3-5-14(18-15)10-2-4-12(16)13(17)8-10;1-4-2-8-3-5(9(10)11)7-6(8)12-4/h2-5,8H,6-7,9H2,1H3;3-4H,2H2,1H3. The van der Waals surface area contributed by atoms with Gasteiger partial charge in [-0.2, -0.15) is 0 Å². The van der Waals surface area contributed by atoms with E-state index in [4.69, 9.17) is 16.3 Å². The Morgan fingerprint density at radius 2 is 2.10 bits per heavy atom. The Morgan fingerprint density at radius 1 is 1.29 bits per heavy atom. The Labute approximate surface area is 183 Å². The number of nitro groups is 1. The largest absolute Gasteiger partial charge is 0.441 e. The molecule has 4 heterocycles. The van der Waals surface area contributed by atoms with E-state index < -0.39 is 10.7 Å². The maximum absolute atomic E-state index is 13.5. The van der Waals surface area contributed by atoms with Gasteiger partial charge in [-0.3, -0.25) is 9.55 Å². The van der Waals surface area contributed by atoms with Crippen molar-refractivity contribution in [3.05, 3.63) is 68.7 Å². The molecule has 0 saturated carbocycles. The van der Waals surface area contributed by atoms with Crippen molar-refractivity contribution in [2.24, 2.45) is 0 Å². The number of likely N-dealkylation sites (N-methyl/N-ethyl adjacent to an activating group) is 1. The number of fused-ring (bicyclic) bond motifs is 2. The molecule has 10 heteroatoms. The van der Waals surface area contributed by atoms with Crippen LogP contribution in [0.5, 0.6) is 6.01 Å². The van der Waals surface area contributed by atoms with Crippen molar-refractivity contribution in [1.82, 2.24) is 19.4 Å². The molecule has 2 aliphatic rings. The van der Waals surface area contributed by atoms with Gasteiger partial charge < -0.3 is 19.8 Å². The van der Waals surface area contributed by atoms with Gasteiger partial charge in [-0.05, 0) is 42.7 Å². The fraction of sp³-hybridized carbons (Fsp3) is 0.333. The summed E-state index contributed by atoms with van der Waals surface area (Å²) in [6.45, 7) is 4.46. The Kier molecular flexibility index (Phi) is 5.88. The molecular formula is C21H21ClFN5O3. The third-order valence-electron chi connectivity index (χ3n) is 5.13. The highest BCUT2D eigenvalue weighted by molar-refractivity contribution is 6.30. The highest BCUT2D eigenvalue weighted by Crippen LogP contribution is 2.26. The molecule has 0 saturated heterocycles. The summed E-state index contributed by atoms with van der Waals surface area (Å²) < 4.78 is 20.3. The molecule has 0 bridgehead atoms. The first kappa shape index (κ1) is 21.2. The molecule has 0 N–H and O–H groups in total. The van der Waals surface area contributed by atoms with E-state index >= 15 is 0 Å². The van der Waals surface area contributed by atoms with E-state index in [1.165, 1.54) is 17.8 Å². The maximum atomic E-state index is 13.5. The van der Waals surface area contributed by atoms with E-state index in [-0.39, 0.29) is 16.9 Å². The quantitative estimate of drug-likeness (QED) is 0.436. The summed E-state index contributed by atoms with van der Waals surface area (Å²) in [5.41, 5.74) is 3.94. The topological polar surface area (TPSA) is 86.3 Å². The molecule has 2 aromatic heterocycles. The van der Waals surface area contributed by atoms with Crippen molar-refractivity contribution in [2.45, 2.75) is 32.5 Å². The van der Waals surface area contributed by atoms with Crippen LogP contribution in [0.3, 0.4) is 0 Å². The second-order valence-corrected chi connectivity index (χ2v) is 8.05. The van der Waals surface area contributed by atoms with Crippen molar-refractivity contribution in [1.29, 1.82) is 0 Å². The van der Waals surface area contributed by atoms with E-state index in [1.54, 1.807) is 16.7 Å². The Hall–Kier alpha value is -3.04. The summed E-state index contributed by atoms with van der Waals surface area (Å²) in [4.78, 5) is 20.3. The summed E-state index contributed by atoms with van der Waals surface area (Å²) in [6, 6.07) is 9.18. The first-order valence-electron chi connectivity index (χ1n) is 9.81. The molecule has 5 rings (SSSR count). The fourth-order valence-corrected chi connectivity index (χ4v) is 3.68. The van der Waals surface area contributed by atoms with E-state index in [0.29, 0.717) is 12.6 Å². The van der Waals surface area contributed by atoms with Gasteiger partial charge in [0, 0.05) is 35.8 Å². The summed E-state index contributed by atoms with van der Waals surface area (Å²) in [5.74, 6) is -0.560. The number of rotatable bonds is 2. The lowest BCUT2D eigenvalue weighted by molar-refractivity contribution is -0.389. The Balaban J connectivity index is 0.000000166. The first-order valence-corrected chi connectivity index (χ1v) is 10.2. The van der Waals surface area contributed by atoms with E-state index in [2.05, 4.69) is 28.0 Å². The fourth-order valence-electron chi connectivity index (χ4n) is 3.57. The van der Waals surface area contributed by atoms with E-state index in [0.717, 1.165) is 36.5 Å². The average Bonchev–Trinajstić information content (AvgIpc) is 3.28. The second-order valence-electron chi connectivity index (χ2n) is 7.64. The normalized spacial score (nSPS) is 17.2. The van der Waals surface area contributed by atoms with Gasteiger partial charge in [0.15, 0.2) is 0 Å². The minimum Gasteiger partial charge on any atom is -0.441 e.